The van der Waals surface area contributed by atoms with Gasteiger partial charge in [0.2, 0.25) is 0 Å². The molecule has 3 heteroatoms. The van der Waals surface area contributed by atoms with E-state index in [4.69, 9.17) is 5.11 Å². The Balaban J connectivity index is 2.57. The molecule has 0 amide bonds. The Labute approximate surface area is 98.8 Å². The van der Waals surface area contributed by atoms with Crippen LogP contribution in [0.5, 0.6) is 0 Å². The lowest BCUT2D eigenvalue weighted by Crippen LogP contribution is -2.44. The summed E-state index contributed by atoms with van der Waals surface area (Å²) in [7, 11) is 0. The van der Waals surface area contributed by atoms with Crippen molar-refractivity contribution in [1.82, 2.24) is 4.90 Å². The van der Waals surface area contributed by atoms with Crippen molar-refractivity contribution < 1.29 is 9.90 Å². The van der Waals surface area contributed by atoms with Gasteiger partial charge < -0.3 is 5.11 Å². The van der Waals surface area contributed by atoms with Crippen LogP contribution >= 0.6 is 0 Å². The van der Waals surface area contributed by atoms with Crippen LogP contribution in [0.3, 0.4) is 0 Å². The Morgan fingerprint density at radius 3 is 2.31 bits per heavy atom. The lowest BCUT2D eigenvalue weighted by Gasteiger charge is -2.34. The van der Waals surface area contributed by atoms with E-state index < -0.39 is 5.97 Å². The fourth-order valence-electron chi connectivity index (χ4n) is 2.85. The van der Waals surface area contributed by atoms with Gasteiger partial charge in [0.1, 0.15) is 0 Å². The van der Waals surface area contributed by atoms with E-state index in [2.05, 4.69) is 25.7 Å². The highest BCUT2D eigenvalue weighted by molar-refractivity contribution is 5.69. The molecule has 0 heterocycles. The molecular weight excluding hydrogens is 202 g/mol. The van der Waals surface area contributed by atoms with Gasteiger partial charge in [0.15, 0.2) is 0 Å². The summed E-state index contributed by atoms with van der Waals surface area (Å²) in [6.45, 7) is 6.77. The van der Waals surface area contributed by atoms with Crippen molar-refractivity contribution >= 4 is 5.97 Å². The molecule has 1 rings (SSSR count). The number of hydrogen-bond donors (Lipinski definition) is 1. The van der Waals surface area contributed by atoms with Gasteiger partial charge in [-0.2, -0.15) is 0 Å². The molecule has 0 aliphatic heterocycles. The third-order valence-electron chi connectivity index (χ3n) is 3.49. The zero-order valence-corrected chi connectivity index (χ0v) is 10.8. The lowest BCUT2D eigenvalue weighted by molar-refractivity contribution is -0.139. The summed E-state index contributed by atoms with van der Waals surface area (Å²) in [5.41, 5.74) is 0. The molecule has 16 heavy (non-hydrogen) atoms. The van der Waals surface area contributed by atoms with E-state index in [1.165, 1.54) is 25.7 Å². The molecule has 0 spiro atoms. The van der Waals surface area contributed by atoms with Crippen LogP contribution in [0.4, 0.5) is 0 Å². The first-order valence-corrected chi connectivity index (χ1v) is 6.48. The highest BCUT2D eigenvalue weighted by Gasteiger charge is 2.28. The number of rotatable bonds is 6. The molecule has 1 N–H and O–H groups in total. The largest absolute Gasteiger partial charge is 0.480 e. The highest BCUT2D eigenvalue weighted by Crippen LogP contribution is 2.26. The average Bonchev–Trinajstić information content (AvgIpc) is 2.64. The van der Waals surface area contributed by atoms with E-state index in [0.29, 0.717) is 18.0 Å². The van der Waals surface area contributed by atoms with Crippen molar-refractivity contribution in [2.75, 3.05) is 6.54 Å². The maximum absolute atomic E-state index is 10.9. The van der Waals surface area contributed by atoms with E-state index in [1.54, 1.807) is 0 Å². The zero-order valence-electron chi connectivity index (χ0n) is 10.8. The van der Waals surface area contributed by atoms with Crippen LogP contribution in [0.2, 0.25) is 0 Å². The Kier molecular flexibility index (Phi) is 5.26. The van der Waals surface area contributed by atoms with Crippen LogP contribution in [0.15, 0.2) is 0 Å². The summed E-state index contributed by atoms with van der Waals surface area (Å²) in [5, 5.41) is 8.99. The van der Waals surface area contributed by atoms with E-state index >= 15 is 0 Å². The predicted molar refractivity (Wildman–Crippen MR) is 65.5 cm³/mol. The molecule has 1 fully saturated rings. The smallest absolute Gasteiger partial charge is 0.317 e. The van der Waals surface area contributed by atoms with Gasteiger partial charge in [-0.3, -0.25) is 9.69 Å². The molecule has 1 aliphatic rings. The maximum Gasteiger partial charge on any atom is 0.317 e. The van der Waals surface area contributed by atoms with Crippen molar-refractivity contribution in [3.05, 3.63) is 0 Å². The van der Waals surface area contributed by atoms with Gasteiger partial charge in [-0.25, -0.2) is 0 Å². The molecule has 1 saturated carbocycles. The summed E-state index contributed by atoms with van der Waals surface area (Å²) < 4.78 is 0. The topological polar surface area (TPSA) is 40.5 Å². The van der Waals surface area contributed by atoms with Gasteiger partial charge >= 0.3 is 5.97 Å². The number of hydrogen-bond acceptors (Lipinski definition) is 2. The second-order valence-corrected chi connectivity index (χ2v) is 5.48. The Bertz CT molecular complexity index is 222. The SMILES string of the molecule is CC(C)CC(C)N(CC(=O)O)C1CCCC1. The van der Waals surface area contributed by atoms with Crippen LogP contribution in [-0.2, 0) is 4.79 Å². The first-order chi connectivity index (χ1) is 7.50. The minimum atomic E-state index is -0.692. The third-order valence-corrected chi connectivity index (χ3v) is 3.49. The summed E-state index contributed by atoms with van der Waals surface area (Å²) in [4.78, 5) is 13.1. The van der Waals surface area contributed by atoms with Crippen LogP contribution in [0.1, 0.15) is 52.9 Å². The van der Waals surface area contributed by atoms with Gasteiger partial charge in [0.25, 0.3) is 0 Å². The summed E-state index contributed by atoms with van der Waals surface area (Å²) in [6, 6.07) is 0.893. The Hall–Kier alpha value is -0.570. The summed E-state index contributed by atoms with van der Waals surface area (Å²) in [6.07, 6.45) is 5.96. The zero-order chi connectivity index (χ0) is 12.1. The number of carboxylic acid groups (broad SMARTS) is 1. The third kappa shape index (κ3) is 4.12. The monoisotopic (exact) mass is 227 g/mol. The minimum Gasteiger partial charge on any atom is -0.480 e. The van der Waals surface area contributed by atoms with Crippen molar-refractivity contribution in [1.29, 1.82) is 0 Å². The number of aliphatic carboxylic acids is 1. The van der Waals surface area contributed by atoms with Gasteiger partial charge in [0, 0.05) is 12.1 Å². The van der Waals surface area contributed by atoms with Gasteiger partial charge in [-0.05, 0) is 32.1 Å². The van der Waals surface area contributed by atoms with Crippen LogP contribution in [-0.4, -0.2) is 34.6 Å². The second-order valence-electron chi connectivity index (χ2n) is 5.48. The lowest BCUT2D eigenvalue weighted by atomic mass is 10.0. The standard InChI is InChI=1S/C13H25NO2/c1-10(2)8-11(3)14(9-13(15)16)12-6-4-5-7-12/h10-12H,4-9H2,1-3H3,(H,15,16). The fourth-order valence-corrected chi connectivity index (χ4v) is 2.85. The number of carboxylic acids is 1. The molecule has 1 aliphatic carbocycles. The molecule has 0 radical (unpaired) electrons. The van der Waals surface area contributed by atoms with E-state index in [0.717, 1.165) is 6.42 Å². The first kappa shape index (κ1) is 13.5. The molecule has 0 saturated heterocycles. The first-order valence-electron chi connectivity index (χ1n) is 6.48. The number of nitrogens with zero attached hydrogens (tertiary/aromatic N) is 1. The normalized spacial score (nSPS) is 19.6. The minimum absolute atomic E-state index is 0.207. The molecule has 0 bridgehead atoms. The van der Waals surface area contributed by atoms with E-state index in [1.807, 2.05) is 0 Å². The van der Waals surface area contributed by atoms with Crippen molar-refractivity contribution in [3.63, 3.8) is 0 Å². The molecule has 0 aromatic heterocycles. The van der Waals surface area contributed by atoms with Gasteiger partial charge in [-0.15, -0.1) is 0 Å². The Morgan fingerprint density at radius 2 is 1.88 bits per heavy atom. The molecule has 94 valence electrons. The second kappa shape index (κ2) is 6.24. The molecule has 3 nitrogen and oxygen atoms in total. The van der Waals surface area contributed by atoms with Crippen LogP contribution in [0.25, 0.3) is 0 Å². The van der Waals surface area contributed by atoms with Crippen molar-refractivity contribution in [2.45, 2.75) is 65.0 Å². The molecular formula is C13H25NO2. The molecule has 0 aromatic rings. The fraction of sp³-hybridized carbons (Fsp3) is 0.923. The average molecular weight is 227 g/mol. The highest BCUT2D eigenvalue weighted by atomic mass is 16.4. The quantitative estimate of drug-likeness (QED) is 0.758. The van der Waals surface area contributed by atoms with Crippen molar-refractivity contribution in [2.24, 2.45) is 5.92 Å². The van der Waals surface area contributed by atoms with Gasteiger partial charge in [0.05, 0.1) is 6.54 Å². The molecule has 1 unspecified atom stereocenters. The van der Waals surface area contributed by atoms with E-state index in [-0.39, 0.29) is 6.54 Å². The Morgan fingerprint density at radius 1 is 1.31 bits per heavy atom. The molecule has 1 atom stereocenters. The molecule has 0 aromatic carbocycles. The van der Waals surface area contributed by atoms with Crippen LogP contribution < -0.4 is 0 Å². The predicted octanol–water partition coefficient (Wildman–Crippen LogP) is 2.75. The van der Waals surface area contributed by atoms with Crippen LogP contribution in [0, 0.1) is 5.92 Å². The number of carbonyl (C=O) groups is 1. The van der Waals surface area contributed by atoms with Gasteiger partial charge in [-0.1, -0.05) is 26.7 Å². The van der Waals surface area contributed by atoms with E-state index in [9.17, 15) is 4.79 Å². The summed E-state index contributed by atoms with van der Waals surface area (Å²) in [5.74, 6) is -0.0600. The summed E-state index contributed by atoms with van der Waals surface area (Å²) >= 11 is 0. The van der Waals surface area contributed by atoms with Crippen molar-refractivity contribution in [3.8, 4) is 0 Å². The maximum atomic E-state index is 10.9.